The summed E-state index contributed by atoms with van der Waals surface area (Å²) in [7, 11) is 1.85. The highest BCUT2D eigenvalue weighted by Gasteiger charge is 2.15. The lowest BCUT2D eigenvalue weighted by Crippen LogP contribution is -2.15. The van der Waals surface area contributed by atoms with Gasteiger partial charge >= 0.3 is 0 Å². The maximum Gasteiger partial charge on any atom is 0.0833 e. The first-order valence-electron chi connectivity index (χ1n) is 5.50. The van der Waals surface area contributed by atoms with Crippen molar-refractivity contribution in [3.8, 4) is 0 Å². The number of nitrogens with zero attached hydrogens (tertiary/aromatic N) is 3. The van der Waals surface area contributed by atoms with Crippen LogP contribution in [0.3, 0.4) is 0 Å². The van der Waals surface area contributed by atoms with Crippen LogP contribution in [0.25, 0.3) is 0 Å². The standard InChI is InChI=1S/C12H15ClN4/c1-17-8-10(15-16-17)6-9(7-14)11-4-2-3-5-12(11)13/h2-5,8-9H,6-7,14H2,1H3. The summed E-state index contributed by atoms with van der Waals surface area (Å²) >= 11 is 6.17. The Morgan fingerprint density at radius 3 is 2.76 bits per heavy atom. The molecule has 0 radical (unpaired) electrons. The number of rotatable bonds is 4. The SMILES string of the molecule is Cn1cc(CC(CN)c2ccccc2Cl)nn1. The molecule has 1 atom stereocenters. The predicted molar refractivity (Wildman–Crippen MR) is 68.0 cm³/mol. The molecule has 0 spiro atoms. The van der Waals surface area contributed by atoms with E-state index in [0.29, 0.717) is 6.54 Å². The molecular formula is C12H15ClN4. The Balaban J connectivity index is 2.20. The van der Waals surface area contributed by atoms with E-state index in [1.54, 1.807) is 4.68 Å². The van der Waals surface area contributed by atoms with Crippen LogP contribution in [0.1, 0.15) is 17.2 Å². The van der Waals surface area contributed by atoms with Crippen LogP contribution in [0.2, 0.25) is 5.02 Å². The number of aromatic nitrogens is 3. The van der Waals surface area contributed by atoms with E-state index in [-0.39, 0.29) is 5.92 Å². The van der Waals surface area contributed by atoms with E-state index in [1.807, 2.05) is 37.5 Å². The van der Waals surface area contributed by atoms with Crippen LogP contribution in [0, 0.1) is 0 Å². The molecule has 90 valence electrons. The molecule has 1 aromatic carbocycles. The second-order valence-electron chi connectivity index (χ2n) is 4.04. The minimum Gasteiger partial charge on any atom is -0.330 e. The molecule has 0 aliphatic heterocycles. The molecule has 0 aliphatic carbocycles. The Kier molecular flexibility index (Phi) is 3.76. The fraction of sp³-hybridized carbons (Fsp3) is 0.333. The molecule has 2 N–H and O–H groups in total. The largest absolute Gasteiger partial charge is 0.330 e. The minimum atomic E-state index is 0.181. The predicted octanol–water partition coefficient (Wildman–Crippen LogP) is 1.75. The van der Waals surface area contributed by atoms with Gasteiger partial charge in [0, 0.05) is 30.6 Å². The van der Waals surface area contributed by atoms with E-state index in [1.165, 1.54) is 0 Å². The van der Waals surface area contributed by atoms with Gasteiger partial charge in [-0.05, 0) is 18.2 Å². The molecule has 0 aliphatic rings. The van der Waals surface area contributed by atoms with Crippen LogP contribution in [0.5, 0.6) is 0 Å². The van der Waals surface area contributed by atoms with E-state index in [2.05, 4.69) is 10.3 Å². The summed E-state index contributed by atoms with van der Waals surface area (Å²) in [5.41, 5.74) is 7.82. The summed E-state index contributed by atoms with van der Waals surface area (Å²) in [6, 6.07) is 7.79. The highest BCUT2D eigenvalue weighted by molar-refractivity contribution is 6.31. The van der Waals surface area contributed by atoms with E-state index in [9.17, 15) is 0 Å². The average molecular weight is 251 g/mol. The lowest BCUT2D eigenvalue weighted by Gasteiger charge is -2.14. The smallest absolute Gasteiger partial charge is 0.0833 e. The Morgan fingerprint density at radius 2 is 2.18 bits per heavy atom. The zero-order valence-electron chi connectivity index (χ0n) is 9.68. The Morgan fingerprint density at radius 1 is 1.41 bits per heavy atom. The van der Waals surface area contributed by atoms with Gasteiger partial charge in [0.05, 0.1) is 5.69 Å². The van der Waals surface area contributed by atoms with Crippen LogP contribution >= 0.6 is 11.6 Å². The van der Waals surface area contributed by atoms with Crippen molar-refractivity contribution in [2.45, 2.75) is 12.3 Å². The van der Waals surface area contributed by atoms with Crippen LogP contribution in [-0.4, -0.2) is 21.5 Å². The van der Waals surface area contributed by atoms with Crippen molar-refractivity contribution in [3.05, 3.63) is 46.7 Å². The third kappa shape index (κ3) is 2.84. The lowest BCUT2D eigenvalue weighted by atomic mass is 9.94. The van der Waals surface area contributed by atoms with Gasteiger partial charge in [0.2, 0.25) is 0 Å². The number of nitrogens with two attached hydrogens (primary N) is 1. The number of benzene rings is 1. The molecule has 1 aromatic heterocycles. The number of aryl methyl sites for hydroxylation is 1. The number of hydrogen-bond acceptors (Lipinski definition) is 3. The minimum absolute atomic E-state index is 0.181. The van der Waals surface area contributed by atoms with Gasteiger partial charge < -0.3 is 5.73 Å². The van der Waals surface area contributed by atoms with E-state index >= 15 is 0 Å². The van der Waals surface area contributed by atoms with Crippen LogP contribution in [0.4, 0.5) is 0 Å². The van der Waals surface area contributed by atoms with Crippen LogP contribution < -0.4 is 5.73 Å². The first kappa shape index (κ1) is 12.1. The molecule has 0 fully saturated rings. The molecule has 1 heterocycles. The molecular weight excluding hydrogens is 236 g/mol. The summed E-state index contributed by atoms with van der Waals surface area (Å²) < 4.78 is 1.69. The van der Waals surface area contributed by atoms with Crippen molar-refractivity contribution in [3.63, 3.8) is 0 Å². The van der Waals surface area contributed by atoms with Crippen molar-refractivity contribution in [1.82, 2.24) is 15.0 Å². The van der Waals surface area contributed by atoms with Crippen molar-refractivity contribution in [2.24, 2.45) is 12.8 Å². The van der Waals surface area contributed by atoms with Gasteiger partial charge in [0.1, 0.15) is 0 Å². The molecule has 0 amide bonds. The lowest BCUT2D eigenvalue weighted by molar-refractivity contribution is 0.676. The highest BCUT2D eigenvalue weighted by Crippen LogP contribution is 2.26. The number of halogens is 1. The summed E-state index contributed by atoms with van der Waals surface area (Å²) in [5.74, 6) is 0.181. The summed E-state index contributed by atoms with van der Waals surface area (Å²) in [6.45, 7) is 0.542. The zero-order valence-corrected chi connectivity index (χ0v) is 10.4. The first-order chi connectivity index (χ1) is 8.20. The van der Waals surface area contributed by atoms with Crippen molar-refractivity contribution >= 4 is 11.6 Å². The van der Waals surface area contributed by atoms with Crippen molar-refractivity contribution < 1.29 is 0 Å². The topological polar surface area (TPSA) is 56.7 Å². The van der Waals surface area contributed by atoms with Gasteiger partial charge in [0.25, 0.3) is 0 Å². The fourth-order valence-electron chi connectivity index (χ4n) is 1.87. The number of hydrogen-bond donors (Lipinski definition) is 1. The van der Waals surface area contributed by atoms with Gasteiger partial charge in [-0.1, -0.05) is 35.0 Å². The third-order valence-electron chi connectivity index (χ3n) is 2.74. The molecule has 5 heteroatoms. The fourth-order valence-corrected chi connectivity index (χ4v) is 2.16. The van der Waals surface area contributed by atoms with E-state index in [4.69, 9.17) is 17.3 Å². The monoisotopic (exact) mass is 250 g/mol. The molecule has 2 rings (SSSR count). The maximum absolute atomic E-state index is 6.17. The average Bonchev–Trinajstić information content (AvgIpc) is 2.73. The molecule has 0 saturated carbocycles. The summed E-state index contributed by atoms with van der Waals surface area (Å²) in [6.07, 6.45) is 2.66. The molecule has 0 bridgehead atoms. The molecule has 2 aromatic rings. The van der Waals surface area contributed by atoms with Gasteiger partial charge in [-0.15, -0.1) is 5.10 Å². The molecule has 4 nitrogen and oxygen atoms in total. The molecule has 1 unspecified atom stereocenters. The van der Waals surface area contributed by atoms with Crippen LogP contribution in [0.15, 0.2) is 30.5 Å². The molecule has 0 saturated heterocycles. The van der Waals surface area contributed by atoms with Crippen molar-refractivity contribution in [1.29, 1.82) is 0 Å². The molecule has 17 heavy (non-hydrogen) atoms. The van der Waals surface area contributed by atoms with Gasteiger partial charge in [-0.25, -0.2) is 0 Å². The highest BCUT2D eigenvalue weighted by atomic mass is 35.5. The normalized spacial score (nSPS) is 12.6. The maximum atomic E-state index is 6.17. The summed E-state index contributed by atoms with van der Waals surface area (Å²) in [4.78, 5) is 0. The Bertz CT molecular complexity index is 495. The second-order valence-corrected chi connectivity index (χ2v) is 4.45. The Labute approximate surface area is 105 Å². The quantitative estimate of drug-likeness (QED) is 0.900. The van der Waals surface area contributed by atoms with Gasteiger partial charge in [-0.3, -0.25) is 4.68 Å². The zero-order chi connectivity index (χ0) is 12.3. The summed E-state index contributed by atoms with van der Waals surface area (Å²) in [5, 5.41) is 8.74. The van der Waals surface area contributed by atoms with Crippen LogP contribution in [-0.2, 0) is 13.5 Å². The van der Waals surface area contributed by atoms with Crippen molar-refractivity contribution in [2.75, 3.05) is 6.54 Å². The van der Waals surface area contributed by atoms with E-state index in [0.717, 1.165) is 22.7 Å². The van der Waals surface area contributed by atoms with Gasteiger partial charge in [-0.2, -0.15) is 0 Å². The van der Waals surface area contributed by atoms with Gasteiger partial charge in [0.15, 0.2) is 0 Å². The second kappa shape index (κ2) is 5.29. The first-order valence-corrected chi connectivity index (χ1v) is 5.88. The van der Waals surface area contributed by atoms with E-state index < -0.39 is 0 Å². The Hall–Kier alpha value is -1.39. The third-order valence-corrected chi connectivity index (χ3v) is 3.08.